The van der Waals surface area contributed by atoms with Gasteiger partial charge in [0.1, 0.15) is 35.6 Å². The highest BCUT2D eigenvalue weighted by molar-refractivity contribution is 5.89. The average molecular weight is 524 g/mol. The molecule has 2 aliphatic heterocycles. The molecule has 2 fully saturated rings. The predicted molar refractivity (Wildman–Crippen MR) is 139 cm³/mol. The first-order valence-corrected chi connectivity index (χ1v) is 12.7. The molecule has 3 aromatic rings. The summed E-state index contributed by atoms with van der Waals surface area (Å²) in [6.07, 6.45) is -0.614. The van der Waals surface area contributed by atoms with E-state index in [4.69, 9.17) is 19.2 Å². The summed E-state index contributed by atoms with van der Waals surface area (Å²) in [6.45, 7) is 5.44. The summed E-state index contributed by atoms with van der Waals surface area (Å²) < 4.78 is 11.2. The van der Waals surface area contributed by atoms with Crippen LogP contribution in [0.15, 0.2) is 34.9 Å². The van der Waals surface area contributed by atoms with Crippen LogP contribution in [0.25, 0.3) is 22.6 Å². The number of carbonyl (C=O) groups is 1. The number of anilines is 1. The maximum atomic E-state index is 12.5. The molecule has 1 aromatic carbocycles. The third-order valence-electron chi connectivity index (χ3n) is 7.03. The Hall–Kier alpha value is -3.58. The van der Waals surface area contributed by atoms with Gasteiger partial charge in [0.25, 0.3) is 0 Å². The zero-order valence-corrected chi connectivity index (χ0v) is 21.7. The van der Waals surface area contributed by atoms with Gasteiger partial charge in [-0.25, -0.2) is 9.97 Å². The number of aliphatic hydroxyl groups excluding tert-OH is 2. The van der Waals surface area contributed by atoms with Gasteiger partial charge < -0.3 is 35.0 Å². The summed E-state index contributed by atoms with van der Waals surface area (Å²) >= 11 is 0. The maximum absolute atomic E-state index is 12.5. The minimum absolute atomic E-state index is 0.154. The molecule has 2 atom stereocenters. The number of nitrogens with zero attached hydrogens (tertiary/aromatic N) is 4. The average Bonchev–Trinajstić information content (AvgIpc) is 3.39. The minimum Gasteiger partial charge on any atom is -0.491 e. The molecule has 2 aromatic heterocycles. The lowest BCUT2D eigenvalue weighted by Crippen LogP contribution is -2.55. The summed E-state index contributed by atoms with van der Waals surface area (Å²) in [6, 6.07) is 9.36. The van der Waals surface area contributed by atoms with Gasteiger partial charge in [0.2, 0.25) is 5.91 Å². The fourth-order valence-corrected chi connectivity index (χ4v) is 5.03. The van der Waals surface area contributed by atoms with Crippen LogP contribution < -0.4 is 25.6 Å². The number of aromatic nitrogens is 3. The second-order valence-corrected chi connectivity index (χ2v) is 9.77. The van der Waals surface area contributed by atoms with Gasteiger partial charge in [0.05, 0.1) is 17.0 Å². The minimum atomic E-state index is -1.03. The Bertz CT molecular complexity index is 1290. The molecule has 38 heavy (non-hydrogen) atoms. The van der Waals surface area contributed by atoms with E-state index in [9.17, 15) is 15.0 Å². The van der Waals surface area contributed by atoms with Gasteiger partial charge in [-0.1, -0.05) is 17.3 Å². The molecule has 5 rings (SSSR count). The van der Waals surface area contributed by atoms with Crippen molar-refractivity contribution in [2.24, 2.45) is 0 Å². The fraction of sp³-hybridized carbons (Fsp3) is 0.462. The van der Waals surface area contributed by atoms with E-state index in [1.807, 2.05) is 44.2 Å². The summed E-state index contributed by atoms with van der Waals surface area (Å²) in [4.78, 5) is 24.3. The first-order chi connectivity index (χ1) is 18.3. The molecular formula is C26H33N7O5. The largest absolute Gasteiger partial charge is 0.491 e. The molecule has 12 heteroatoms. The van der Waals surface area contributed by atoms with E-state index in [0.717, 1.165) is 22.6 Å². The van der Waals surface area contributed by atoms with Crippen molar-refractivity contribution in [1.82, 2.24) is 31.1 Å². The quantitative estimate of drug-likeness (QED) is 0.283. The normalized spacial score (nSPS) is 19.6. The number of rotatable bonds is 8. The number of amides is 1. The Morgan fingerprint density at radius 1 is 1.26 bits per heavy atom. The van der Waals surface area contributed by atoms with Gasteiger partial charge in [-0.3, -0.25) is 10.1 Å². The molecule has 12 nitrogen and oxygen atoms in total. The first kappa shape index (κ1) is 26.0. The second-order valence-electron chi connectivity index (χ2n) is 9.77. The van der Waals surface area contributed by atoms with Crippen LogP contribution in [0.1, 0.15) is 24.3 Å². The Balaban J connectivity index is 1.46. The Morgan fingerprint density at radius 3 is 2.71 bits per heavy atom. The molecule has 0 bridgehead atoms. The van der Waals surface area contributed by atoms with Crippen LogP contribution in [0.5, 0.6) is 5.75 Å². The number of aliphatic hydroxyl groups is 2. The van der Waals surface area contributed by atoms with E-state index in [1.165, 1.54) is 0 Å². The van der Waals surface area contributed by atoms with Crippen LogP contribution in [0.2, 0.25) is 0 Å². The summed E-state index contributed by atoms with van der Waals surface area (Å²) in [7, 11) is 1.77. The van der Waals surface area contributed by atoms with Crippen molar-refractivity contribution in [1.29, 1.82) is 0 Å². The lowest BCUT2D eigenvalue weighted by molar-refractivity contribution is -0.125. The van der Waals surface area contributed by atoms with Crippen LogP contribution in [0, 0.1) is 13.8 Å². The number of aryl methyl sites for hydroxylation is 2. The molecule has 0 saturated carbocycles. The van der Waals surface area contributed by atoms with Crippen LogP contribution >= 0.6 is 0 Å². The van der Waals surface area contributed by atoms with Gasteiger partial charge >= 0.3 is 0 Å². The monoisotopic (exact) mass is 523 g/mol. The highest BCUT2D eigenvalue weighted by Crippen LogP contribution is 2.34. The maximum Gasteiger partial charge on any atom is 0.243 e. The number of nitrogens with one attached hydrogen (secondary N) is 3. The van der Waals surface area contributed by atoms with E-state index < -0.39 is 18.0 Å². The van der Waals surface area contributed by atoms with Gasteiger partial charge in [-0.05, 0) is 45.9 Å². The lowest BCUT2D eigenvalue weighted by atomic mass is 9.87. The van der Waals surface area contributed by atoms with Crippen molar-refractivity contribution in [2.75, 3.05) is 38.2 Å². The van der Waals surface area contributed by atoms with Gasteiger partial charge in [-0.15, -0.1) is 0 Å². The summed E-state index contributed by atoms with van der Waals surface area (Å²) in [5, 5.41) is 32.4. The van der Waals surface area contributed by atoms with Crippen LogP contribution in [-0.4, -0.2) is 82.5 Å². The molecule has 0 aliphatic carbocycles. The highest BCUT2D eigenvalue weighted by atomic mass is 16.5. The zero-order chi connectivity index (χ0) is 26.9. The Morgan fingerprint density at radius 2 is 2.05 bits per heavy atom. The summed E-state index contributed by atoms with van der Waals surface area (Å²) in [5.74, 6) is 2.30. The van der Waals surface area contributed by atoms with E-state index in [0.29, 0.717) is 55.5 Å². The van der Waals surface area contributed by atoms with Crippen LogP contribution in [0.4, 0.5) is 5.82 Å². The standard InChI is InChI=1S/C26H33N7O5/c1-15-22(16(2)38-32-15)20-12-21(33-9-7-26(8-10-33)24(35)30-25(36)31-26)29-23(28-20)17-5-4-6-19(11-17)37-14-18(34)13-27-3/h4-6,11-12,18,25,27,31,34,36H,7-10,13-14H2,1-3H3,(H,30,35). The molecule has 2 aliphatic rings. The van der Waals surface area contributed by atoms with E-state index >= 15 is 0 Å². The van der Waals surface area contributed by atoms with Crippen molar-refractivity contribution >= 4 is 11.7 Å². The van der Waals surface area contributed by atoms with Crippen molar-refractivity contribution in [3.63, 3.8) is 0 Å². The van der Waals surface area contributed by atoms with Gasteiger partial charge in [0, 0.05) is 31.3 Å². The van der Waals surface area contributed by atoms with Crippen molar-refractivity contribution < 1.29 is 24.3 Å². The number of hydrogen-bond donors (Lipinski definition) is 5. The van der Waals surface area contributed by atoms with E-state index in [1.54, 1.807) is 7.05 Å². The fourth-order valence-electron chi connectivity index (χ4n) is 5.03. The third-order valence-corrected chi connectivity index (χ3v) is 7.03. The molecule has 1 amide bonds. The molecular weight excluding hydrogens is 490 g/mol. The zero-order valence-electron chi connectivity index (χ0n) is 21.7. The second kappa shape index (κ2) is 10.7. The highest BCUT2D eigenvalue weighted by Gasteiger charge is 2.47. The number of piperidine rings is 1. The van der Waals surface area contributed by atoms with E-state index in [2.05, 4.69) is 26.0 Å². The van der Waals surface area contributed by atoms with Crippen LogP contribution in [-0.2, 0) is 4.79 Å². The third kappa shape index (κ3) is 5.20. The SMILES string of the molecule is CNCC(O)COc1cccc(-c2nc(-c3c(C)noc3C)cc(N3CCC4(CC3)NC(O)NC4=O)n2)c1. The number of ether oxygens (including phenoxy) is 1. The van der Waals surface area contributed by atoms with Crippen molar-refractivity contribution in [2.45, 2.75) is 44.7 Å². The number of likely N-dealkylation sites (N-methyl/N-ethyl adjacent to an activating group) is 1. The Kier molecular flexibility index (Phi) is 7.30. The van der Waals surface area contributed by atoms with Crippen molar-refractivity contribution in [3.05, 3.63) is 41.8 Å². The molecule has 2 saturated heterocycles. The predicted octanol–water partition coefficient (Wildman–Crippen LogP) is 0.709. The summed E-state index contributed by atoms with van der Waals surface area (Å²) in [5.41, 5.74) is 2.20. The molecule has 1 spiro atoms. The first-order valence-electron chi connectivity index (χ1n) is 12.7. The van der Waals surface area contributed by atoms with Gasteiger partial charge in [0.15, 0.2) is 12.2 Å². The van der Waals surface area contributed by atoms with Crippen LogP contribution in [0.3, 0.4) is 0 Å². The number of carbonyl (C=O) groups excluding carboxylic acids is 1. The molecule has 2 unspecified atom stereocenters. The molecule has 202 valence electrons. The van der Waals surface area contributed by atoms with Crippen molar-refractivity contribution in [3.8, 4) is 28.4 Å². The smallest absolute Gasteiger partial charge is 0.243 e. The molecule has 0 radical (unpaired) electrons. The van der Waals surface area contributed by atoms with E-state index in [-0.39, 0.29) is 12.5 Å². The molecule has 4 heterocycles. The topological polar surface area (TPSA) is 158 Å². The lowest BCUT2D eigenvalue weighted by Gasteiger charge is -2.38. The Labute approximate surface area is 220 Å². The van der Waals surface area contributed by atoms with Gasteiger partial charge in [-0.2, -0.15) is 0 Å². The number of hydrogen-bond acceptors (Lipinski definition) is 11. The molecule has 5 N–H and O–H groups in total. The number of benzene rings is 1.